The average Bonchev–Trinajstić information content (AvgIpc) is 1.63. The maximum Gasteiger partial charge on any atom is 0.234 e. The van der Waals surface area contributed by atoms with Crippen molar-refractivity contribution in [3.05, 3.63) is 12.7 Å². The maximum atomic E-state index is 5.43. The predicted octanol–water partition coefficient (Wildman–Crippen LogP) is 2.02. The van der Waals surface area contributed by atoms with Crippen molar-refractivity contribution in [2.45, 2.75) is 32.4 Å². The van der Waals surface area contributed by atoms with E-state index in [1.54, 1.807) is 0 Å². The van der Waals surface area contributed by atoms with Gasteiger partial charge in [-0.05, 0) is 26.8 Å². The molecule has 2 radical (unpaired) electrons. The van der Waals surface area contributed by atoms with Gasteiger partial charge in [0.2, 0.25) is 9.76 Å². The van der Waals surface area contributed by atoms with Gasteiger partial charge in [0, 0.05) is 5.60 Å². The molecule has 0 aromatic rings. The van der Waals surface area contributed by atoms with Gasteiger partial charge in [0.15, 0.2) is 0 Å². The molecule has 0 atom stereocenters. The lowest BCUT2D eigenvalue weighted by Gasteiger charge is -2.18. The summed E-state index contributed by atoms with van der Waals surface area (Å²) in [5, 5.41) is 0. The molecule has 1 nitrogen and oxygen atoms in total. The van der Waals surface area contributed by atoms with Gasteiger partial charge >= 0.3 is 0 Å². The molecule has 0 heterocycles. The third-order valence-electron chi connectivity index (χ3n) is 0.606. The molecule has 0 aliphatic carbocycles. The standard InChI is InChI=1S/C7H14OSi/c1-5-6-9-8-7(2,3)4/h5H,1,6H2,2-4H3. The molecule has 0 spiro atoms. The Labute approximate surface area is 60.1 Å². The van der Waals surface area contributed by atoms with Crippen LogP contribution in [0.4, 0.5) is 0 Å². The lowest BCUT2D eigenvalue weighted by molar-refractivity contribution is 0.139. The van der Waals surface area contributed by atoms with Gasteiger partial charge in [0.25, 0.3) is 0 Å². The lowest BCUT2D eigenvalue weighted by Crippen LogP contribution is -2.21. The van der Waals surface area contributed by atoms with E-state index < -0.39 is 0 Å². The van der Waals surface area contributed by atoms with Crippen LogP contribution in [0.25, 0.3) is 0 Å². The van der Waals surface area contributed by atoms with Crippen LogP contribution >= 0.6 is 0 Å². The third-order valence-corrected chi connectivity index (χ3v) is 1.82. The number of hydrogen-bond acceptors (Lipinski definition) is 1. The Balaban J connectivity index is 3.17. The SMILES string of the molecule is C=CC[Si]OC(C)(C)C. The molecule has 0 bridgehead atoms. The topological polar surface area (TPSA) is 9.23 Å². The highest BCUT2D eigenvalue weighted by Crippen LogP contribution is 2.05. The quantitative estimate of drug-likeness (QED) is 0.333. The van der Waals surface area contributed by atoms with Crippen LogP contribution in [-0.2, 0) is 4.43 Å². The summed E-state index contributed by atoms with van der Waals surface area (Å²) in [6.45, 7) is 9.78. The summed E-state index contributed by atoms with van der Waals surface area (Å²) in [4.78, 5) is 0. The van der Waals surface area contributed by atoms with Crippen molar-refractivity contribution >= 4 is 9.76 Å². The van der Waals surface area contributed by atoms with E-state index in [9.17, 15) is 0 Å². The van der Waals surface area contributed by atoms with Gasteiger partial charge in [0.05, 0.1) is 0 Å². The fourth-order valence-electron chi connectivity index (χ4n) is 0.317. The zero-order valence-corrected chi connectivity index (χ0v) is 7.40. The van der Waals surface area contributed by atoms with E-state index in [2.05, 4.69) is 27.4 Å². The minimum Gasteiger partial charge on any atom is -0.413 e. The van der Waals surface area contributed by atoms with Crippen LogP contribution < -0.4 is 0 Å². The first kappa shape index (κ1) is 8.92. The van der Waals surface area contributed by atoms with Crippen LogP contribution in [0, 0.1) is 0 Å². The molecule has 0 unspecified atom stereocenters. The summed E-state index contributed by atoms with van der Waals surface area (Å²) in [5.74, 6) is 0. The molecule has 52 valence electrons. The largest absolute Gasteiger partial charge is 0.413 e. The summed E-state index contributed by atoms with van der Waals surface area (Å²) in [6.07, 6.45) is 1.88. The second kappa shape index (κ2) is 3.85. The highest BCUT2D eigenvalue weighted by molar-refractivity contribution is 6.28. The molecule has 0 fully saturated rings. The number of hydrogen-bond donors (Lipinski definition) is 0. The maximum absolute atomic E-state index is 5.43. The van der Waals surface area contributed by atoms with Crippen molar-refractivity contribution in [3.63, 3.8) is 0 Å². The Morgan fingerprint density at radius 2 is 2.11 bits per heavy atom. The monoisotopic (exact) mass is 142 g/mol. The first-order chi connectivity index (χ1) is 4.06. The van der Waals surface area contributed by atoms with Gasteiger partial charge in [-0.3, -0.25) is 0 Å². The summed E-state index contributed by atoms with van der Waals surface area (Å²) in [5.41, 5.74) is 0.0153. The zero-order valence-electron chi connectivity index (χ0n) is 6.40. The van der Waals surface area contributed by atoms with E-state index in [1.165, 1.54) is 0 Å². The fraction of sp³-hybridized carbons (Fsp3) is 0.714. The molecule has 0 aliphatic rings. The highest BCUT2D eigenvalue weighted by atomic mass is 28.2. The molecule has 0 amide bonds. The first-order valence-electron chi connectivity index (χ1n) is 3.08. The summed E-state index contributed by atoms with van der Waals surface area (Å²) < 4.78 is 5.43. The molecule has 0 saturated heterocycles. The molecule has 0 aromatic carbocycles. The molecule has 0 aromatic heterocycles. The van der Waals surface area contributed by atoms with Crippen LogP contribution in [0.3, 0.4) is 0 Å². The van der Waals surface area contributed by atoms with E-state index in [0.29, 0.717) is 9.76 Å². The van der Waals surface area contributed by atoms with Gasteiger partial charge in [-0.1, -0.05) is 6.08 Å². The Hall–Kier alpha value is -0.0831. The van der Waals surface area contributed by atoms with Crippen molar-refractivity contribution in [1.82, 2.24) is 0 Å². The molecule has 0 aliphatic heterocycles. The van der Waals surface area contributed by atoms with Crippen LogP contribution in [0.5, 0.6) is 0 Å². The molecule has 0 saturated carbocycles. The minimum atomic E-state index is 0.0153. The molecule has 0 rings (SSSR count). The van der Waals surface area contributed by atoms with E-state index in [1.807, 2.05) is 6.08 Å². The van der Waals surface area contributed by atoms with Crippen molar-refractivity contribution in [2.24, 2.45) is 0 Å². The van der Waals surface area contributed by atoms with Crippen LogP contribution in [0.1, 0.15) is 20.8 Å². The minimum absolute atomic E-state index is 0.0153. The van der Waals surface area contributed by atoms with Crippen LogP contribution in [0.15, 0.2) is 12.7 Å². The smallest absolute Gasteiger partial charge is 0.234 e. The van der Waals surface area contributed by atoms with Crippen molar-refractivity contribution in [3.8, 4) is 0 Å². The van der Waals surface area contributed by atoms with E-state index >= 15 is 0 Å². The average molecular weight is 142 g/mol. The zero-order chi connectivity index (χ0) is 7.33. The molecule has 0 N–H and O–H groups in total. The molecule has 9 heavy (non-hydrogen) atoms. The van der Waals surface area contributed by atoms with Gasteiger partial charge in [-0.15, -0.1) is 6.58 Å². The first-order valence-corrected chi connectivity index (χ1v) is 4.19. The van der Waals surface area contributed by atoms with Crippen LogP contribution in [0.2, 0.25) is 6.04 Å². The fourth-order valence-corrected chi connectivity index (χ4v) is 0.951. The number of allylic oxidation sites excluding steroid dienone is 1. The third kappa shape index (κ3) is 7.92. The van der Waals surface area contributed by atoms with Gasteiger partial charge in [0.1, 0.15) is 0 Å². The normalized spacial score (nSPS) is 11.4. The molecule has 2 heteroatoms. The van der Waals surface area contributed by atoms with E-state index in [0.717, 1.165) is 6.04 Å². The highest BCUT2D eigenvalue weighted by Gasteiger charge is 2.08. The predicted molar refractivity (Wildman–Crippen MR) is 41.6 cm³/mol. The second-order valence-corrected chi connectivity index (χ2v) is 3.75. The Bertz CT molecular complexity index is 83.4. The van der Waals surface area contributed by atoms with Gasteiger partial charge < -0.3 is 4.43 Å². The molecular formula is C7H14OSi. The van der Waals surface area contributed by atoms with E-state index in [4.69, 9.17) is 4.43 Å². The van der Waals surface area contributed by atoms with E-state index in [-0.39, 0.29) is 5.60 Å². The Morgan fingerprint density at radius 1 is 1.56 bits per heavy atom. The molecular weight excluding hydrogens is 128 g/mol. The summed E-state index contributed by atoms with van der Waals surface area (Å²) >= 11 is 0. The van der Waals surface area contributed by atoms with Crippen molar-refractivity contribution < 1.29 is 4.43 Å². The van der Waals surface area contributed by atoms with Crippen molar-refractivity contribution in [1.29, 1.82) is 0 Å². The van der Waals surface area contributed by atoms with Crippen molar-refractivity contribution in [2.75, 3.05) is 0 Å². The Kier molecular flexibility index (Phi) is 3.82. The Morgan fingerprint density at radius 3 is 2.44 bits per heavy atom. The van der Waals surface area contributed by atoms with Gasteiger partial charge in [-0.2, -0.15) is 0 Å². The lowest BCUT2D eigenvalue weighted by atomic mass is 10.2. The van der Waals surface area contributed by atoms with Crippen LogP contribution in [-0.4, -0.2) is 15.4 Å². The summed E-state index contributed by atoms with van der Waals surface area (Å²) in [7, 11) is 0.566. The second-order valence-electron chi connectivity index (χ2n) is 2.85. The number of rotatable bonds is 3. The summed E-state index contributed by atoms with van der Waals surface area (Å²) in [6, 6.07) is 0.970. The van der Waals surface area contributed by atoms with Gasteiger partial charge in [-0.25, -0.2) is 0 Å².